The predicted octanol–water partition coefficient (Wildman–Crippen LogP) is -17.5. The SMILES string of the molecule is CC(=O)N[C@H]1[C@H](O[C@H]2[C@@H](O)[C@@H](CO)O[C@@H](O[C@H]3[C@H](O)[C@@H](CO)O[C@@H](OC[C@@H](O)[C@H](O)[C@H](O[C@@H]4O[C@H](CO)[C@H](O)[C@H](O)[C@H]4O[C@@H]4O[C@@H](C)[C@@H](O)[C@@H](O)[C@@H]4O)[C@H](CO)NC(C)=O)[C@@H]3NC(C)=O)[C@@H]2O[C@@H]2O[C@@H](C)[C@@H](O)[C@@H](O)[C@@H]2O)O[C@H](CO)[C@@H](O[C@@H]2O[C@H](CO)[C@H](O)[C@H](O)[C@H]2O[C@@H]2O[C@@H](C)[C@@H](O)[C@@H](O)[C@@H]2O)[C@@H]1O. The molecule has 8 fully saturated rings. The molecule has 8 aliphatic heterocycles. The fourth-order valence-electron chi connectivity index (χ4n) is 13.5. The lowest BCUT2D eigenvalue weighted by atomic mass is 9.93. The average molecular weight is 1550 g/mol. The van der Waals surface area contributed by atoms with E-state index >= 15 is 0 Å². The summed E-state index contributed by atoms with van der Waals surface area (Å²) in [4.78, 5) is 39.0. The molecule has 0 unspecified atom stereocenters. The number of hydrogen-bond acceptors (Lipinski definition) is 43. The average Bonchev–Trinajstić information content (AvgIpc) is 0.762. The molecule has 8 heterocycles. The second-order valence-corrected chi connectivity index (χ2v) is 27.1. The van der Waals surface area contributed by atoms with Crippen LogP contribution in [0.1, 0.15) is 41.5 Å². The van der Waals surface area contributed by atoms with Crippen LogP contribution in [0.3, 0.4) is 0 Å². The lowest BCUT2D eigenvalue weighted by molar-refractivity contribution is -0.403. The van der Waals surface area contributed by atoms with E-state index in [0.29, 0.717) is 0 Å². The van der Waals surface area contributed by atoms with Gasteiger partial charge in [-0.3, -0.25) is 14.4 Å². The smallest absolute Gasteiger partial charge is 0.217 e. The summed E-state index contributed by atoms with van der Waals surface area (Å²) in [7, 11) is 0. The van der Waals surface area contributed by atoms with Crippen LogP contribution in [0.5, 0.6) is 0 Å². The Morgan fingerprint density at radius 2 is 0.698 bits per heavy atom. The molecule has 0 aromatic rings. The number of aliphatic hydroxyl groups excluding tert-OH is 24. The van der Waals surface area contributed by atoms with Crippen molar-refractivity contribution in [2.45, 2.75) is 311 Å². The van der Waals surface area contributed by atoms with E-state index in [0.717, 1.165) is 20.8 Å². The zero-order chi connectivity index (χ0) is 78.5. The van der Waals surface area contributed by atoms with Crippen molar-refractivity contribution in [3.63, 3.8) is 0 Å². The van der Waals surface area contributed by atoms with E-state index in [1.807, 2.05) is 0 Å². The third-order valence-electron chi connectivity index (χ3n) is 19.5. The Bertz CT molecular complexity index is 2730. The minimum absolute atomic E-state index is 0.890. The first-order valence-corrected chi connectivity index (χ1v) is 34.1. The largest absolute Gasteiger partial charge is 0.394 e. The van der Waals surface area contributed by atoms with Gasteiger partial charge in [0, 0.05) is 20.8 Å². The predicted molar refractivity (Wildman–Crippen MR) is 330 cm³/mol. The molecule has 0 spiro atoms. The molecular weight excluding hydrogens is 1450 g/mol. The maximum atomic E-state index is 13.3. The minimum Gasteiger partial charge on any atom is -0.394 e. The van der Waals surface area contributed by atoms with Crippen molar-refractivity contribution in [1.29, 1.82) is 0 Å². The molecule has 616 valence electrons. The first-order chi connectivity index (χ1) is 50.0. The van der Waals surface area contributed by atoms with Crippen LogP contribution in [0.25, 0.3) is 0 Å². The molecule has 106 heavy (non-hydrogen) atoms. The molecule has 0 aromatic heterocycles. The number of carbonyl (C=O) groups excluding carboxylic acids is 3. The molecule has 0 aromatic carbocycles. The van der Waals surface area contributed by atoms with Gasteiger partial charge in [0.2, 0.25) is 17.7 Å². The van der Waals surface area contributed by atoms with Gasteiger partial charge in [0.05, 0.1) is 70.6 Å². The number of carbonyl (C=O) groups is 3. The van der Waals surface area contributed by atoms with Crippen molar-refractivity contribution >= 4 is 17.7 Å². The normalized spacial score (nSPS) is 47.9. The van der Waals surface area contributed by atoms with Crippen LogP contribution in [0, 0.1) is 0 Å². The van der Waals surface area contributed by atoms with Crippen LogP contribution in [-0.2, 0) is 90.2 Å². The Labute approximate surface area is 602 Å². The Balaban J connectivity index is 1.10. The molecule has 0 bridgehead atoms. The fourth-order valence-corrected chi connectivity index (χ4v) is 13.5. The molecule has 44 atom stereocenters. The van der Waals surface area contributed by atoms with Gasteiger partial charge in [0.15, 0.2) is 50.3 Å². The molecule has 46 nitrogen and oxygen atoms in total. The summed E-state index contributed by atoms with van der Waals surface area (Å²) < 4.78 is 95.0. The highest BCUT2D eigenvalue weighted by molar-refractivity contribution is 5.74. The second-order valence-electron chi connectivity index (χ2n) is 27.1. The lowest BCUT2D eigenvalue weighted by Crippen LogP contribution is -2.71. The Kier molecular flexibility index (Phi) is 32.1. The van der Waals surface area contributed by atoms with E-state index in [4.69, 9.17) is 75.8 Å². The molecule has 0 aliphatic carbocycles. The van der Waals surface area contributed by atoms with Gasteiger partial charge in [-0.15, -0.1) is 0 Å². The van der Waals surface area contributed by atoms with Gasteiger partial charge in [-0.1, -0.05) is 0 Å². The van der Waals surface area contributed by atoms with Crippen molar-refractivity contribution in [2.75, 3.05) is 46.2 Å². The van der Waals surface area contributed by atoms with Gasteiger partial charge in [-0.05, 0) is 20.8 Å². The summed E-state index contributed by atoms with van der Waals surface area (Å²) in [6.07, 6.45) is -81.9. The number of aliphatic hydroxyl groups is 24. The zero-order valence-corrected chi connectivity index (χ0v) is 57.8. The summed E-state index contributed by atoms with van der Waals surface area (Å²) in [6, 6.07) is -5.73. The maximum absolute atomic E-state index is 13.3. The summed E-state index contributed by atoms with van der Waals surface area (Å²) in [5, 5.41) is 272. The zero-order valence-electron chi connectivity index (χ0n) is 57.8. The van der Waals surface area contributed by atoms with E-state index in [-0.39, 0.29) is 0 Å². The number of amides is 3. The fraction of sp³-hybridized carbons (Fsp3) is 0.950. The van der Waals surface area contributed by atoms with Crippen molar-refractivity contribution in [1.82, 2.24) is 16.0 Å². The third kappa shape index (κ3) is 19.7. The van der Waals surface area contributed by atoms with Crippen LogP contribution in [-0.4, -0.2) is 456 Å². The van der Waals surface area contributed by atoms with Gasteiger partial charge in [-0.25, -0.2) is 0 Å². The first-order valence-electron chi connectivity index (χ1n) is 34.1. The molecule has 27 N–H and O–H groups in total. The van der Waals surface area contributed by atoms with E-state index in [1.54, 1.807) is 0 Å². The van der Waals surface area contributed by atoms with Crippen LogP contribution in [0.2, 0.25) is 0 Å². The number of ether oxygens (including phenoxy) is 16. The quantitative estimate of drug-likeness (QED) is 0.0331. The summed E-state index contributed by atoms with van der Waals surface area (Å²) >= 11 is 0. The van der Waals surface area contributed by atoms with E-state index < -0.39 is 334 Å². The number of nitrogens with one attached hydrogen (secondary N) is 3. The molecule has 0 saturated carbocycles. The third-order valence-corrected chi connectivity index (χ3v) is 19.5. The maximum Gasteiger partial charge on any atom is 0.217 e. The van der Waals surface area contributed by atoms with Crippen LogP contribution >= 0.6 is 0 Å². The minimum atomic E-state index is -2.44. The van der Waals surface area contributed by atoms with Gasteiger partial charge in [-0.2, -0.15) is 0 Å². The molecular formula is C60H103N3O43. The summed E-state index contributed by atoms with van der Waals surface area (Å²) in [5.74, 6) is -2.83. The highest BCUT2D eigenvalue weighted by Gasteiger charge is 2.60. The van der Waals surface area contributed by atoms with Crippen LogP contribution in [0.15, 0.2) is 0 Å². The van der Waals surface area contributed by atoms with Crippen molar-refractivity contribution in [2.24, 2.45) is 0 Å². The van der Waals surface area contributed by atoms with Gasteiger partial charge in [0.1, 0.15) is 195 Å². The van der Waals surface area contributed by atoms with E-state index in [2.05, 4.69) is 16.0 Å². The van der Waals surface area contributed by atoms with Crippen molar-refractivity contribution < 1.29 is 213 Å². The van der Waals surface area contributed by atoms with E-state index in [1.165, 1.54) is 20.8 Å². The standard InChI is InChI=1S/C60H103N3O43/c1-14-29(74)38(83)43(88)55(92-14)104-50-41(86)33(78)22(8-65)96-58(50)100-46(20(7-64)61-17(4)70)32(77)21(73)13-91-53-28(63-19(6)72)48(35(80)24(10-67)95-53)102-60-52(106-57-45(90)40(85)31(76)16(3)94-57)49(36(81)25(11-68)98-60)103-54-27(62-18(5)71)37(82)47(26(12-69)99-54)101-59-51(42(87)34(79)23(9-66)97-59)105-56-44(89)39(84)30(75)15(2)93-56/h14-16,20-60,64-69,73-90H,7-13H2,1-6H3,(H,61,70)(H,62,71)(H,63,72)/t14-,15-,16-,20-,21+,22+,23+,24+,25+,26+,27+,28+,29+,30+,31+,32-,33-,34-,35+,36-,37+,38+,39+,40+,41-,42-,43-,44-,45-,46+,47+,48+,49-,50+,51+,52+,53+,54-,55-,56-,57-,58-,59-,60-/m0/s1. The van der Waals surface area contributed by atoms with Crippen LogP contribution < -0.4 is 16.0 Å². The van der Waals surface area contributed by atoms with Crippen molar-refractivity contribution in [3.05, 3.63) is 0 Å². The Morgan fingerprint density at radius 1 is 0.340 bits per heavy atom. The Morgan fingerprint density at radius 3 is 1.13 bits per heavy atom. The lowest BCUT2D eigenvalue weighted by Gasteiger charge is -2.52. The summed E-state index contributed by atoms with van der Waals surface area (Å²) in [6.45, 7) is -1.28. The number of rotatable bonds is 29. The van der Waals surface area contributed by atoms with Gasteiger partial charge < -0.3 is 214 Å². The molecule has 8 aliphatic rings. The Hall–Kier alpha value is -3.19. The first kappa shape index (κ1) is 88.4. The molecule has 0 radical (unpaired) electrons. The number of hydrogen-bond donors (Lipinski definition) is 27. The second kappa shape index (κ2) is 38.6. The molecule has 3 amide bonds. The topological polar surface area (TPSA) is 721 Å². The molecule has 8 saturated heterocycles. The molecule has 46 heteroatoms. The van der Waals surface area contributed by atoms with Gasteiger partial charge in [0.25, 0.3) is 0 Å². The van der Waals surface area contributed by atoms with Gasteiger partial charge >= 0.3 is 0 Å². The highest BCUT2D eigenvalue weighted by Crippen LogP contribution is 2.40. The van der Waals surface area contributed by atoms with Crippen molar-refractivity contribution in [3.8, 4) is 0 Å². The monoisotopic (exact) mass is 1550 g/mol. The van der Waals surface area contributed by atoms with Crippen LogP contribution in [0.4, 0.5) is 0 Å². The highest BCUT2D eigenvalue weighted by atomic mass is 16.8. The molecule has 8 rings (SSSR count). The summed E-state index contributed by atoms with van der Waals surface area (Å²) in [5.41, 5.74) is 0. The van der Waals surface area contributed by atoms with E-state index in [9.17, 15) is 137 Å².